The van der Waals surface area contributed by atoms with Gasteiger partial charge < -0.3 is 5.32 Å². The fourth-order valence-corrected chi connectivity index (χ4v) is 2.46. The molecule has 122 valence electrons. The maximum Gasteiger partial charge on any atom is 0.0857 e. The quantitative estimate of drug-likeness (QED) is 0.521. The van der Waals surface area contributed by atoms with E-state index in [0.29, 0.717) is 0 Å². The van der Waals surface area contributed by atoms with Crippen LogP contribution in [0, 0.1) is 0 Å². The summed E-state index contributed by atoms with van der Waals surface area (Å²) in [7, 11) is 0. The molecule has 0 radical (unpaired) electrons. The topological polar surface area (TPSA) is 41.3 Å². The Morgan fingerprint density at radius 1 is 0.739 bits per heavy atom. The molecule has 0 aliphatic heterocycles. The smallest absolute Gasteiger partial charge is 0.0857 e. The Balaban J connectivity index is 1.82. The number of hydrogen-bond acceptors (Lipinski definition) is 2. The molecule has 2 aromatic carbocycles. The molecule has 0 aromatic heterocycles. The minimum Gasteiger partial charge on any atom is -0.346 e. The highest BCUT2D eigenvalue weighted by molar-refractivity contribution is 5.42. The molecule has 0 bridgehead atoms. The van der Waals surface area contributed by atoms with Crippen molar-refractivity contribution in [2.75, 3.05) is 13.1 Å². The van der Waals surface area contributed by atoms with Gasteiger partial charge in [0.25, 0.3) is 0 Å². The number of quaternary nitrogens is 1. The van der Waals surface area contributed by atoms with E-state index in [-0.39, 0.29) is 0 Å². The van der Waals surface area contributed by atoms with Gasteiger partial charge in [0.15, 0.2) is 0 Å². The van der Waals surface area contributed by atoms with Crippen molar-refractivity contribution in [2.24, 2.45) is 10.2 Å². The second-order valence-electron chi connectivity index (χ2n) is 5.83. The van der Waals surface area contributed by atoms with Crippen LogP contribution in [0.1, 0.15) is 37.8 Å². The first-order chi connectivity index (χ1) is 11.3. The van der Waals surface area contributed by atoms with Crippen LogP contribution < -0.4 is 5.32 Å². The molecule has 3 nitrogen and oxygen atoms in total. The van der Waals surface area contributed by atoms with Gasteiger partial charge in [-0.05, 0) is 68.0 Å². The summed E-state index contributed by atoms with van der Waals surface area (Å²) in [5.74, 6) is 0. The van der Waals surface area contributed by atoms with E-state index in [4.69, 9.17) is 0 Å². The standard InChI is InChI=1S/C20H27N3/c1-3-17-8-12-19(13-9-17)22-23-20-14-10-18(11-15-20)7-5-6-16-21-4-2/h8-15,21H,3-7,16H2,1-2H3/p+1. The highest BCUT2D eigenvalue weighted by Crippen LogP contribution is 2.19. The van der Waals surface area contributed by atoms with Gasteiger partial charge in [0.1, 0.15) is 0 Å². The van der Waals surface area contributed by atoms with Crippen molar-refractivity contribution in [2.45, 2.75) is 39.5 Å². The third-order valence-electron chi connectivity index (χ3n) is 3.97. The molecule has 0 spiro atoms. The van der Waals surface area contributed by atoms with E-state index in [2.05, 4.69) is 65.8 Å². The number of aryl methyl sites for hydroxylation is 2. The number of unbranched alkanes of at least 4 members (excludes halogenated alkanes) is 1. The van der Waals surface area contributed by atoms with Gasteiger partial charge in [-0.25, -0.2) is 0 Å². The van der Waals surface area contributed by atoms with Crippen LogP contribution in [0.15, 0.2) is 58.8 Å². The summed E-state index contributed by atoms with van der Waals surface area (Å²) in [6.07, 6.45) is 4.73. The Labute approximate surface area is 139 Å². The molecule has 0 atom stereocenters. The SMILES string of the molecule is CC[NH2+]CCCCc1ccc(N=Nc2ccc(CC)cc2)cc1. The molecular formula is C20H28N3+. The van der Waals surface area contributed by atoms with E-state index in [1.165, 1.54) is 37.1 Å². The summed E-state index contributed by atoms with van der Waals surface area (Å²) in [4.78, 5) is 0. The molecule has 0 aliphatic rings. The summed E-state index contributed by atoms with van der Waals surface area (Å²) < 4.78 is 0. The third-order valence-corrected chi connectivity index (χ3v) is 3.97. The molecule has 0 fully saturated rings. The van der Waals surface area contributed by atoms with Gasteiger partial charge in [0.05, 0.1) is 24.5 Å². The molecule has 0 unspecified atom stereocenters. The molecule has 3 heteroatoms. The fourth-order valence-electron chi connectivity index (χ4n) is 2.46. The summed E-state index contributed by atoms with van der Waals surface area (Å²) in [5, 5.41) is 11.0. The number of azo groups is 1. The maximum atomic E-state index is 4.31. The van der Waals surface area contributed by atoms with Crippen molar-refractivity contribution in [3.63, 3.8) is 0 Å². The van der Waals surface area contributed by atoms with Crippen LogP contribution in [0.4, 0.5) is 11.4 Å². The van der Waals surface area contributed by atoms with Crippen LogP contribution in [0.3, 0.4) is 0 Å². The predicted octanol–water partition coefficient (Wildman–Crippen LogP) is 4.57. The summed E-state index contributed by atoms with van der Waals surface area (Å²) in [6.45, 7) is 6.77. The lowest BCUT2D eigenvalue weighted by Gasteiger charge is -2.02. The van der Waals surface area contributed by atoms with E-state index >= 15 is 0 Å². The molecule has 23 heavy (non-hydrogen) atoms. The first-order valence-corrected chi connectivity index (χ1v) is 8.73. The van der Waals surface area contributed by atoms with Gasteiger partial charge >= 0.3 is 0 Å². The zero-order valence-corrected chi connectivity index (χ0v) is 14.3. The average Bonchev–Trinajstić information content (AvgIpc) is 2.61. The number of hydrogen-bond donors (Lipinski definition) is 1. The first-order valence-electron chi connectivity index (χ1n) is 8.73. The Bertz CT molecular complexity index is 585. The first kappa shape index (κ1) is 17.4. The molecule has 0 saturated carbocycles. The van der Waals surface area contributed by atoms with Crippen LogP contribution in [-0.2, 0) is 12.8 Å². The monoisotopic (exact) mass is 310 g/mol. The molecular weight excluding hydrogens is 282 g/mol. The lowest BCUT2D eigenvalue weighted by molar-refractivity contribution is -0.652. The van der Waals surface area contributed by atoms with E-state index in [1.807, 2.05) is 12.1 Å². The van der Waals surface area contributed by atoms with Gasteiger partial charge in [-0.1, -0.05) is 31.2 Å². The Kier molecular flexibility index (Phi) is 7.47. The number of nitrogens with two attached hydrogens (primary N) is 1. The predicted molar refractivity (Wildman–Crippen MR) is 96.7 cm³/mol. The average molecular weight is 310 g/mol. The minimum absolute atomic E-state index is 0.901. The van der Waals surface area contributed by atoms with Gasteiger partial charge in [-0.3, -0.25) is 0 Å². The molecule has 0 aliphatic carbocycles. The third kappa shape index (κ3) is 6.33. The molecule has 0 heterocycles. The Hall–Kier alpha value is -2.00. The van der Waals surface area contributed by atoms with Crippen LogP contribution in [0.5, 0.6) is 0 Å². The van der Waals surface area contributed by atoms with Gasteiger partial charge in [0, 0.05) is 0 Å². The van der Waals surface area contributed by atoms with Crippen molar-refractivity contribution < 1.29 is 5.32 Å². The summed E-state index contributed by atoms with van der Waals surface area (Å²) >= 11 is 0. The number of benzene rings is 2. The summed E-state index contributed by atoms with van der Waals surface area (Å²) in [6, 6.07) is 16.7. The molecule has 2 N–H and O–H groups in total. The van der Waals surface area contributed by atoms with E-state index in [9.17, 15) is 0 Å². The minimum atomic E-state index is 0.901. The maximum absolute atomic E-state index is 4.31. The zero-order chi connectivity index (χ0) is 16.3. The Morgan fingerprint density at radius 2 is 1.30 bits per heavy atom. The molecule has 0 saturated heterocycles. The van der Waals surface area contributed by atoms with Crippen molar-refractivity contribution in [3.05, 3.63) is 59.7 Å². The van der Waals surface area contributed by atoms with E-state index in [1.54, 1.807) is 0 Å². The van der Waals surface area contributed by atoms with E-state index in [0.717, 1.165) is 24.2 Å². The Morgan fingerprint density at radius 3 is 1.83 bits per heavy atom. The van der Waals surface area contributed by atoms with Crippen LogP contribution in [0.25, 0.3) is 0 Å². The van der Waals surface area contributed by atoms with Crippen molar-refractivity contribution in [1.29, 1.82) is 0 Å². The van der Waals surface area contributed by atoms with Gasteiger partial charge in [0.2, 0.25) is 0 Å². The van der Waals surface area contributed by atoms with Crippen molar-refractivity contribution in [1.82, 2.24) is 0 Å². The fraction of sp³-hybridized carbons (Fsp3) is 0.400. The van der Waals surface area contributed by atoms with Gasteiger partial charge in [-0.2, -0.15) is 10.2 Å². The molecule has 2 rings (SSSR count). The largest absolute Gasteiger partial charge is 0.346 e. The number of nitrogens with zero attached hydrogens (tertiary/aromatic N) is 2. The van der Waals surface area contributed by atoms with Crippen LogP contribution in [-0.4, -0.2) is 13.1 Å². The second kappa shape index (κ2) is 9.90. The number of rotatable bonds is 9. The highest BCUT2D eigenvalue weighted by Gasteiger charge is 1.96. The molecule has 2 aromatic rings. The van der Waals surface area contributed by atoms with Crippen LogP contribution in [0.2, 0.25) is 0 Å². The van der Waals surface area contributed by atoms with Crippen molar-refractivity contribution in [3.8, 4) is 0 Å². The lowest BCUT2D eigenvalue weighted by atomic mass is 10.1. The summed E-state index contributed by atoms with van der Waals surface area (Å²) in [5.41, 5.74) is 4.52. The molecule has 0 amide bonds. The van der Waals surface area contributed by atoms with Crippen molar-refractivity contribution >= 4 is 11.4 Å². The highest BCUT2D eigenvalue weighted by atomic mass is 15.1. The van der Waals surface area contributed by atoms with Gasteiger partial charge in [-0.15, -0.1) is 0 Å². The zero-order valence-electron chi connectivity index (χ0n) is 14.3. The van der Waals surface area contributed by atoms with E-state index < -0.39 is 0 Å². The second-order valence-corrected chi connectivity index (χ2v) is 5.83. The van der Waals surface area contributed by atoms with Crippen LogP contribution >= 0.6 is 0 Å². The normalized spacial score (nSPS) is 11.2. The lowest BCUT2D eigenvalue weighted by Crippen LogP contribution is -2.83.